The van der Waals surface area contributed by atoms with Crippen molar-refractivity contribution < 1.29 is 33.9 Å². The van der Waals surface area contributed by atoms with Crippen LogP contribution >= 0.6 is 0 Å². The van der Waals surface area contributed by atoms with Gasteiger partial charge in [-0.1, -0.05) is 42.5 Å². The number of Topliss-reactive ketones (excluding diaryl/α,β-unsaturated/α-hetero) is 1. The predicted octanol–water partition coefficient (Wildman–Crippen LogP) is 0.390. The van der Waals surface area contributed by atoms with E-state index in [4.69, 9.17) is 9.47 Å². The summed E-state index contributed by atoms with van der Waals surface area (Å²) in [6.45, 7) is 4.22. The van der Waals surface area contributed by atoms with E-state index in [0.717, 1.165) is 11.1 Å². The highest BCUT2D eigenvalue weighted by Crippen LogP contribution is 2.19. The molecule has 0 aromatic heterocycles. The van der Waals surface area contributed by atoms with Crippen LogP contribution in [-0.2, 0) is 32.0 Å². The Morgan fingerprint density at radius 1 is 0.974 bits per heavy atom. The average Bonchev–Trinajstić information content (AvgIpc) is 2.93. The van der Waals surface area contributed by atoms with Crippen molar-refractivity contribution in [1.29, 1.82) is 0 Å². The fraction of sp³-hybridized carbons (Fsp3) is 0.464. The Morgan fingerprint density at radius 2 is 1.62 bits per heavy atom. The summed E-state index contributed by atoms with van der Waals surface area (Å²) in [5, 5.41) is 25.4. The lowest BCUT2D eigenvalue weighted by Crippen LogP contribution is -2.51. The molecule has 1 aliphatic rings. The summed E-state index contributed by atoms with van der Waals surface area (Å²) < 4.78 is 10.5. The number of ketones is 1. The van der Waals surface area contributed by atoms with Gasteiger partial charge in [-0.25, -0.2) is 0 Å². The van der Waals surface area contributed by atoms with E-state index in [9.17, 15) is 24.4 Å². The van der Waals surface area contributed by atoms with Crippen LogP contribution in [-0.4, -0.2) is 91.6 Å². The van der Waals surface area contributed by atoms with Gasteiger partial charge in [0.15, 0.2) is 5.78 Å². The van der Waals surface area contributed by atoms with Gasteiger partial charge in [-0.3, -0.25) is 19.3 Å². The SMILES string of the molecule is COc1ccc(C[C@H](CC(=O)[C@H](C)NC(=O)CN2CCOCC2)C(=O)N[C@@H](Cc2ccccc2)B(O)O)cc1. The van der Waals surface area contributed by atoms with E-state index >= 15 is 0 Å². The smallest absolute Gasteiger partial charge is 0.475 e. The van der Waals surface area contributed by atoms with E-state index in [2.05, 4.69) is 10.6 Å². The molecule has 2 amide bonds. The molecule has 11 heteroatoms. The Hall–Kier alpha value is -3.25. The van der Waals surface area contributed by atoms with Crippen molar-refractivity contribution in [2.45, 2.75) is 38.2 Å². The van der Waals surface area contributed by atoms with Gasteiger partial charge < -0.3 is 30.2 Å². The number of nitrogens with zero attached hydrogens (tertiary/aromatic N) is 1. The minimum Gasteiger partial charge on any atom is -0.497 e. The van der Waals surface area contributed by atoms with Crippen LogP contribution in [0.15, 0.2) is 54.6 Å². The molecule has 0 aliphatic carbocycles. The summed E-state index contributed by atoms with van der Waals surface area (Å²) in [6, 6.07) is 15.6. The van der Waals surface area contributed by atoms with E-state index in [1.54, 1.807) is 26.2 Å². The molecule has 0 spiro atoms. The van der Waals surface area contributed by atoms with E-state index in [1.807, 2.05) is 47.4 Å². The number of ether oxygens (including phenoxy) is 2. The quantitative estimate of drug-likeness (QED) is 0.253. The molecule has 0 unspecified atom stereocenters. The second-order valence-corrected chi connectivity index (χ2v) is 9.82. The van der Waals surface area contributed by atoms with Crippen LogP contribution in [0, 0.1) is 5.92 Å². The number of carbonyl (C=O) groups excluding carboxylic acids is 3. The topological polar surface area (TPSA) is 137 Å². The second-order valence-electron chi connectivity index (χ2n) is 9.82. The number of hydrogen-bond donors (Lipinski definition) is 4. The zero-order valence-electron chi connectivity index (χ0n) is 22.5. The van der Waals surface area contributed by atoms with E-state index in [0.29, 0.717) is 32.1 Å². The predicted molar refractivity (Wildman–Crippen MR) is 147 cm³/mol. The van der Waals surface area contributed by atoms with Crippen molar-refractivity contribution in [1.82, 2.24) is 15.5 Å². The fourth-order valence-electron chi connectivity index (χ4n) is 4.45. The second kappa shape index (κ2) is 15.4. The zero-order chi connectivity index (χ0) is 28.2. The summed E-state index contributed by atoms with van der Waals surface area (Å²) in [5.41, 5.74) is 1.65. The maximum absolute atomic E-state index is 13.4. The van der Waals surface area contributed by atoms with Gasteiger partial charge in [0.05, 0.1) is 38.9 Å². The number of methoxy groups -OCH3 is 1. The lowest BCUT2D eigenvalue weighted by molar-refractivity contribution is -0.132. The summed E-state index contributed by atoms with van der Waals surface area (Å²) >= 11 is 0. The van der Waals surface area contributed by atoms with E-state index in [1.165, 1.54) is 0 Å². The third-order valence-corrected chi connectivity index (χ3v) is 6.78. The van der Waals surface area contributed by atoms with Crippen LogP contribution in [0.25, 0.3) is 0 Å². The van der Waals surface area contributed by atoms with Gasteiger partial charge in [0.2, 0.25) is 11.8 Å². The molecule has 0 radical (unpaired) electrons. The highest BCUT2D eigenvalue weighted by molar-refractivity contribution is 6.43. The molecular formula is C28H38BN3O7. The number of carbonyl (C=O) groups is 3. The summed E-state index contributed by atoms with van der Waals surface area (Å²) in [5.74, 6) is -2.11. The van der Waals surface area contributed by atoms with Crippen molar-refractivity contribution in [2.24, 2.45) is 5.92 Å². The number of benzene rings is 2. The molecule has 1 aliphatic heterocycles. The van der Waals surface area contributed by atoms with Crippen molar-refractivity contribution in [3.63, 3.8) is 0 Å². The minimum absolute atomic E-state index is 0.129. The van der Waals surface area contributed by atoms with Gasteiger partial charge in [-0.05, 0) is 43.0 Å². The third-order valence-electron chi connectivity index (χ3n) is 6.78. The van der Waals surface area contributed by atoms with Gasteiger partial charge in [-0.15, -0.1) is 0 Å². The van der Waals surface area contributed by atoms with Crippen LogP contribution in [0.4, 0.5) is 0 Å². The molecular weight excluding hydrogens is 501 g/mol. The lowest BCUT2D eigenvalue weighted by atomic mass is 9.75. The standard InChI is InChI=1S/C28H38BN3O7/c1-20(30-27(34)19-32-12-14-39-15-13-32)25(33)18-23(16-22-8-10-24(38-2)11-9-22)28(35)31-26(29(36)37)17-21-6-4-3-5-7-21/h3-11,20,23,26,36-37H,12-19H2,1-2H3,(H,30,34)(H,31,35)/t20-,23+,26-/m0/s1. The largest absolute Gasteiger partial charge is 0.497 e. The molecule has 3 atom stereocenters. The molecule has 210 valence electrons. The number of nitrogens with one attached hydrogen (secondary N) is 2. The molecule has 1 heterocycles. The summed E-state index contributed by atoms with van der Waals surface area (Å²) in [4.78, 5) is 41.0. The molecule has 1 fully saturated rings. The Balaban J connectivity index is 1.67. The molecule has 2 aromatic rings. The highest BCUT2D eigenvalue weighted by atomic mass is 16.5. The maximum atomic E-state index is 13.4. The van der Waals surface area contributed by atoms with Gasteiger partial charge in [0.1, 0.15) is 5.75 Å². The van der Waals surface area contributed by atoms with Crippen LogP contribution in [0.2, 0.25) is 0 Å². The number of amides is 2. The molecule has 4 N–H and O–H groups in total. The average molecular weight is 539 g/mol. The fourth-order valence-corrected chi connectivity index (χ4v) is 4.45. The molecule has 0 saturated carbocycles. The maximum Gasteiger partial charge on any atom is 0.475 e. The van der Waals surface area contributed by atoms with E-state index < -0.39 is 30.9 Å². The van der Waals surface area contributed by atoms with Gasteiger partial charge in [-0.2, -0.15) is 0 Å². The number of morpholine rings is 1. The molecule has 3 rings (SSSR count). The number of hydrogen-bond acceptors (Lipinski definition) is 8. The minimum atomic E-state index is -1.79. The summed E-state index contributed by atoms with van der Waals surface area (Å²) in [6.07, 6.45) is 0.327. The Kier molecular flexibility index (Phi) is 11.9. The number of rotatable bonds is 14. The van der Waals surface area contributed by atoms with Crippen LogP contribution < -0.4 is 15.4 Å². The first kappa shape index (κ1) is 30.3. The van der Waals surface area contributed by atoms with Gasteiger partial charge >= 0.3 is 7.12 Å². The molecule has 1 saturated heterocycles. The Morgan fingerprint density at radius 3 is 2.23 bits per heavy atom. The van der Waals surface area contributed by atoms with E-state index in [-0.39, 0.29) is 37.5 Å². The first-order valence-electron chi connectivity index (χ1n) is 13.2. The van der Waals surface area contributed by atoms with Crippen molar-refractivity contribution in [2.75, 3.05) is 40.0 Å². The van der Waals surface area contributed by atoms with Crippen LogP contribution in [0.1, 0.15) is 24.5 Å². The first-order valence-corrected chi connectivity index (χ1v) is 13.2. The summed E-state index contributed by atoms with van der Waals surface area (Å²) in [7, 11) is -0.226. The third kappa shape index (κ3) is 10.1. The Bertz CT molecular complexity index is 1060. The highest BCUT2D eigenvalue weighted by Gasteiger charge is 2.31. The monoisotopic (exact) mass is 539 g/mol. The lowest BCUT2D eigenvalue weighted by Gasteiger charge is -2.26. The van der Waals surface area contributed by atoms with Crippen molar-refractivity contribution in [3.05, 3.63) is 65.7 Å². The molecule has 39 heavy (non-hydrogen) atoms. The van der Waals surface area contributed by atoms with Crippen LogP contribution in [0.5, 0.6) is 5.75 Å². The Labute approximate surface area is 229 Å². The van der Waals surface area contributed by atoms with Gasteiger partial charge in [0.25, 0.3) is 0 Å². The normalized spacial score (nSPS) is 16.0. The van der Waals surface area contributed by atoms with Gasteiger partial charge in [0, 0.05) is 25.4 Å². The zero-order valence-corrected chi connectivity index (χ0v) is 22.5. The van der Waals surface area contributed by atoms with Crippen molar-refractivity contribution >= 4 is 24.7 Å². The van der Waals surface area contributed by atoms with Crippen molar-refractivity contribution in [3.8, 4) is 5.75 Å². The van der Waals surface area contributed by atoms with Crippen LogP contribution in [0.3, 0.4) is 0 Å². The molecule has 10 nitrogen and oxygen atoms in total. The first-order chi connectivity index (χ1) is 18.7. The molecule has 0 bridgehead atoms. The molecule has 2 aromatic carbocycles.